The molecule has 0 fully saturated rings. The van der Waals surface area contributed by atoms with Crippen LogP contribution in [0.15, 0.2) is 53.1 Å². The lowest BCUT2D eigenvalue weighted by Gasteiger charge is -2.37. The molecule has 2 aromatic carbocycles. The standard InChI is InChI=1S/C23H25N3O4/c1-23(2)14-18(17-9-4-5-10-19(17)29-23)24-20(27)11-12-21-25-22(26-30-21)15-7-6-8-16(13-15)28-3/h4-10,13,18H,11-12,14H2,1-3H3,(H,24,27)/t18-/m1/s1. The second-order valence-electron chi connectivity index (χ2n) is 7.97. The van der Waals surface area contributed by atoms with Crippen LogP contribution in [-0.2, 0) is 11.2 Å². The molecule has 1 aromatic heterocycles. The van der Waals surface area contributed by atoms with Crippen LogP contribution in [0.4, 0.5) is 0 Å². The predicted octanol–water partition coefficient (Wildman–Crippen LogP) is 4.10. The van der Waals surface area contributed by atoms with Gasteiger partial charge in [-0.25, -0.2) is 0 Å². The molecule has 1 aliphatic heterocycles. The van der Waals surface area contributed by atoms with Gasteiger partial charge in [0.15, 0.2) is 0 Å². The van der Waals surface area contributed by atoms with Gasteiger partial charge in [0.2, 0.25) is 17.6 Å². The molecule has 0 saturated heterocycles. The van der Waals surface area contributed by atoms with Crippen molar-refractivity contribution in [3.05, 3.63) is 60.0 Å². The van der Waals surface area contributed by atoms with Crippen molar-refractivity contribution in [3.63, 3.8) is 0 Å². The van der Waals surface area contributed by atoms with Gasteiger partial charge in [0, 0.05) is 30.4 Å². The number of carbonyl (C=O) groups excluding carboxylic acids is 1. The Morgan fingerprint density at radius 1 is 1.23 bits per heavy atom. The first-order valence-electron chi connectivity index (χ1n) is 9.98. The Morgan fingerprint density at radius 2 is 2.07 bits per heavy atom. The van der Waals surface area contributed by atoms with Gasteiger partial charge >= 0.3 is 0 Å². The van der Waals surface area contributed by atoms with Gasteiger partial charge in [0.25, 0.3) is 0 Å². The van der Waals surface area contributed by atoms with Crippen molar-refractivity contribution in [3.8, 4) is 22.9 Å². The van der Waals surface area contributed by atoms with Crippen LogP contribution in [-0.4, -0.2) is 28.8 Å². The first-order valence-corrected chi connectivity index (χ1v) is 9.98. The van der Waals surface area contributed by atoms with Crippen molar-refractivity contribution in [1.29, 1.82) is 0 Å². The minimum atomic E-state index is -0.343. The topological polar surface area (TPSA) is 86.5 Å². The highest BCUT2D eigenvalue weighted by Crippen LogP contribution is 2.39. The van der Waals surface area contributed by atoms with E-state index in [0.717, 1.165) is 22.6 Å². The number of hydrogen-bond donors (Lipinski definition) is 1. The average molecular weight is 407 g/mol. The molecule has 0 spiro atoms. The van der Waals surface area contributed by atoms with E-state index in [0.29, 0.717) is 24.6 Å². The van der Waals surface area contributed by atoms with Crippen LogP contribution in [0.25, 0.3) is 11.4 Å². The summed E-state index contributed by atoms with van der Waals surface area (Å²) in [5.74, 6) is 2.38. The van der Waals surface area contributed by atoms with Crippen molar-refractivity contribution < 1.29 is 18.8 Å². The summed E-state index contributed by atoms with van der Waals surface area (Å²) in [7, 11) is 1.61. The van der Waals surface area contributed by atoms with Crippen LogP contribution in [0.2, 0.25) is 0 Å². The molecule has 7 nitrogen and oxygen atoms in total. The summed E-state index contributed by atoms with van der Waals surface area (Å²) in [4.78, 5) is 17.0. The summed E-state index contributed by atoms with van der Waals surface area (Å²) in [5.41, 5.74) is 1.46. The van der Waals surface area contributed by atoms with E-state index in [9.17, 15) is 4.79 Å². The van der Waals surface area contributed by atoms with Gasteiger partial charge in [0.05, 0.1) is 13.2 Å². The third kappa shape index (κ3) is 4.45. The van der Waals surface area contributed by atoms with Crippen molar-refractivity contribution in [2.24, 2.45) is 0 Å². The molecular formula is C23H25N3O4. The zero-order valence-electron chi connectivity index (χ0n) is 17.3. The number of aromatic nitrogens is 2. The van der Waals surface area contributed by atoms with Crippen LogP contribution in [0.1, 0.15) is 44.2 Å². The lowest BCUT2D eigenvalue weighted by molar-refractivity contribution is -0.122. The maximum absolute atomic E-state index is 12.6. The Bertz CT molecular complexity index is 1040. The lowest BCUT2D eigenvalue weighted by atomic mass is 9.89. The van der Waals surface area contributed by atoms with Crippen LogP contribution in [0.3, 0.4) is 0 Å². The SMILES string of the molecule is COc1cccc(-c2noc(CCC(=O)N[C@@H]3CC(C)(C)Oc4ccccc43)n2)c1. The third-order valence-corrected chi connectivity index (χ3v) is 5.07. The number of aryl methyl sites for hydroxylation is 1. The number of nitrogens with zero attached hydrogens (tertiary/aromatic N) is 2. The summed E-state index contributed by atoms with van der Waals surface area (Å²) in [5, 5.41) is 7.14. The highest BCUT2D eigenvalue weighted by molar-refractivity contribution is 5.76. The summed E-state index contributed by atoms with van der Waals surface area (Å²) in [6.07, 6.45) is 1.34. The summed E-state index contributed by atoms with van der Waals surface area (Å²) in [6, 6.07) is 15.2. The summed E-state index contributed by atoms with van der Waals surface area (Å²) in [6.45, 7) is 4.06. The Labute approximate surface area is 175 Å². The second kappa shape index (κ2) is 8.18. The number of amides is 1. The molecule has 0 bridgehead atoms. The molecule has 30 heavy (non-hydrogen) atoms. The monoisotopic (exact) mass is 407 g/mol. The van der Waals surface area contributed by atoms with Crippen LogP contribution in [0, 0.1) is 0 Å². The quantitative estimate of drug-likeness (QED) is 0.662. The van der Waals surface area contributed by atoms with E-state index in [1.807, 2.05) is 62.4 Å². The van der Waals surface area contributed by atoms with Crippen LogP contribution < -0.4 is 14.8 Å². The van der Waals surface area contributed by atoms with Crippen molar-refractivity contribution in [1.82, 2.24) is 15.5 Å². The predicted molar refractivity (Wildman–Crippen MR) is 111 cm³/mol. The molecule has 1 amide bonds. The molecule has 1 atom stereocenters. The van der Waals surface area contributed by atoms with E-state index in [1.54, 1.807) is 7.11 Å². The molecule has 1 aliphatic rings. The average Bonchev–Trinajstić information content (AvgIpc) is 3.21. The maximum Gasteiger partial charge on any atom is 0.227 e. The Hall–Kier alpha value is -3.35. The number of rotatable bonds is 6. The molecule has 156 valence electrons. The van der Waals surface area contributed by atoms with E-state index >= 15 is 0 Å². The zero-order chi connectivity index (χ0) is 21.1. The number of ether oxygens (including phenoxy) is 2. The largest absolute Gasteiger partial charge is 0.497 e. The lowest BCUT2D eigenvalue weighted by Crippen LogP contribution is -2.41. The summed E-state index contributed by atoms with van der Waals surface area (Å²) >= 11 is 0. The van der Waals surface area contributed by atoms with Gasteiger partial charge in [-0.15, -0.1) is 0 Å². The van der Waals surface area contributed by atoms with E-state index in [4.69, 9.17) is 14.0 Å². The van der Waals surface area contributed by atoms with Crippen molar-refractivity contribution in [2.75, 3.05) is 7.11 Å². The second-order valence-corrected chi connectivity index (χ2v) is 7.97. The number of para-hydroxylation sites is 1. The number of carbonyl (C=O) groups is 1. The zero-order valence-corrected chi connectivity index (χ0v) is 17.3. The molecule has 0 saturated carbocycles. The third-order valence-electron chi connectivity index (χ3n) is 5.07. The number of benzene rings is 2. The fourth-order valence-corrected chi connectivity index (χ4v) is 3.65. The molecule has 4 rings (SSSR count). The van der Waals surface area contributed by atoms with E-state index in [1.165, 1.54) is 0 Å². The maximum atomic E-state index is 12.6. The van der Waals surface area contributed by atoms with Gasteiger partial charge in [-0.05, 0) is 32.0 Å². The molecule has 7 heteroatoms. The minimum Gasteiger partial charge on any atom is -0.497 e. The number of hydrogen-bond acceptors (Lipinski definition) is 6. The van der Waals surface area contributed by atoms with Crippen LogP contribution in [0.5, 0.6) is 11.5 Å². The molecule has 0 radical (unpaired) electrons. The fraction of sp³-hybridized carbons (Fsp3) is 0.348. The smallest absolute Gasteiger partial charge is 0.227 e. The molecule has 1 N–H and O–H groups in total. The Kier molecular flexibility index (Phi) is 5.44. The first-order chi connectivity index (χ1) is 14.4. The molecule has 2 heterocycles. The van der Waals surface area contributed by atoms with Crippen LogP contribution >= 0.6 is 0 Å². The minimum absolute atomic E-state index is 0.0615. The number of fused-ring (bicyclic) bond motifs is 1. The van der Waals surface area contributed by atoms with Gasteiger partial charge in [-0.2, -0.15) is 4.98 Å². The molecule has 0 aliphatic carbocycles. The van der Waals surface area contributed by atoms with E-state index < -0.39 is 0 Å². The van der Waals surface area contributed by atoms with E-state index in [2.05, 4.69) is 15.5 Å². The summed E-state index contributed by atoms with van der Waals surface area (Å²) < 4.78 is 16.6. The van der Waals surface area contributed by atoms with Gasteiger partial charge in [-0.1, -0.05) is 35.5 Å². The highest BCUT2D eigenvalue weighted by atomic mass is 16.5. The Balaban J connectivity index is 1.38. The van der Waals surface area contributed by atoms with Crippen molar-refractivity contribution in [2.45, 2.75) is 44.8 Å². The first kappa shape index (κ1) is 19.9. The van der Waals surface area contributed by atoms with E-state index in [-0.39, 0.29) is 24.0 Å². The van der Waals surface area contributed by atoms with Gasteiger partial charge in [-0.3, -0.25) is 4.79 Å². The molecule has 0 unspecified atom stereocenters. The highest BCUT2D eigenvalue weighted by Gasteiger charge is 2.34. The van der Waals surface area contributed by atoms with Gasteiger partial charge < -0.3 is 19.3 Å². The van der Waals surface area contributed by atoms with Gasteiger partial charge in [0.1, 0.15) is 17.1 Å². The van der Waals surface area contributed by atoms with Crippen molar-refractivity contribution >= 4 is 5.91 Å². The Morgan fingerprint density at radius 3 is 2.90 bits per heavy atom. The fourth-order valence-electron chi connectivity index (χ4n) is 3.65. The normalized spacial score (nSPS) is 17.0. The molecular weight excluding hydrogens is 382 g/mol. The number of methoxy groups -OCH3 is 1. The molecule has 3 aromatic rings. The number of nitrogens with one attached hydrogen (secondary N) is 1.